The highest BCUT2D eigenvalue weighted by molar-refractivity contribution is 7.15. The Bertz CT molecular complexity index is 561. The van der Waals surface area contributed by atoms with Gasteiger partial charge in [0.2, 0.25) is 0 Å². The van der Waals surface area contributed by atoms with Crippen molar-refractivity contribution in [3.8, 4) is 10.6 Å². The molecule has 4 heteroatoms. The first kappa shape index (κ1) is 13.2. The molecule has 0 atom stereocenters. The first-order chi connectivity index (χ1) is 8.52. The quantitative estimate of drug-likeness (QED) is 0.914. The van der Waals surface area contributed by atoms with Crippen molar-refractivity contribution in [2.24, 2.45) is 5.73 Å². The molecule has 0 radical (unpaired) electrons. The second-order valence-electron chi connectivity index (χ2n) is 4.65. The van der Waals surface area contributed by atoms with Gasteiger partial charge in [-0.15, -0.1) is 11.3 Å². The zero-order chi connectivity index (χ0) is 13.3. The maximum atomic E-state index is 13.1. The number of hydrogen-bond acceptors (Lipinski definition) is 3. The van der Waals surface area contributed by atoms with Gasteiger partial charge in [-0.1, -0.05) is 13.8 Å². The number of aromatic nitrogens is 1. The molecule has 2 rings (SSSR count). The van der Waals surface area contributed by atoms with Crippen molar-refractivity contribution in [1.82, 2.24) is 4.98 Å². The largest absolute Gasteiger partial charge is 0.326 e. The van der Waals surface area contributed by atoms with Crippen LogP contribution in [0.2, 0.25) is 0 Å². The number of aryl methyl sites for hydroxylation is 1. The molecule has 2 N–H and O–H groups in total. The molecule has 0 bridgehead atoms. The van der Waals surface area contributed by atoms with E-state index >= 15 is 0 Å². The first-order valence-corrected chi connectivity index (χ1v) is 6.80. The topological polar surface area (TPSA) is 38.9 Å². The number of hydrogen-bond donors (Lipinski definition) is 1. The molecular weight excluding hydrogens is 247 g/mol. The Morgan fingerprint density at radius 2 is 2.11 bits per heavy atom. The monoisotopic (exact) mass is 264 g/mol. The predicted octanol–water partition coefficient (Wildman–Crippen LogP) is 3.84. The van der Waals surface area contributed by atoms with Gasteiger partial charge in [0, 0.05) is 17.0 Å². The molecule has 0 spiro atoms. The van der Waals surface area contributed by atoms with Crippen molar-refractivity contribution in [2.75, 3.05) is 0 Å². The number of nitrogens with two attached hydrogens (primary N) is 1. The standard InChI is InChI=1S/C14H17FN2S/c1-8(2)13-12(7-16)18-14(17-13)11-5-4-10(15)6-9(11)3/h4-6,8H,7,16H2,1-3H3. The molecule has 0 aliphatic rings. The number of halogens is 1. The van der Waals surface area contributed by atoms with E-state index in [9.17, 15) is 4.39 Å². The fourth-order valence-electron chi connectivity index (χ4n) is 1.94. The molecule has 2 nitrogen and oxygen atoms in total. The number of benzene rings is 1. The lowest BCUT2D eigenvalue weighted by Crippen LogP contribution is -1.99. The van der Waals surface area contributed by atoms with Gasteiger partial charge in [0.05, 0.1) is 5.69 Å². The molecule has 0 saturated heterocycles. The zero-order valence-corrected chi connectivity index (χ0v) is 11.6. The third-order valence-electron chi connectivity index (χ3n) is 2.88. The first-order valence-electron chi connectivity index (χ1n) is 5.99. The summed E-state index contributed by atoms with van der Waals surface area (Å²) in [6.07, 6.45) is 0. The molecule has 0 aliphatic heterocycles. The van der Waals surface area contributed by atoms with Crippen molar-refractivity contribution in [1.29, 1.82) is 0 Å². The summed E-state index contributed by atoms with van der Waals surface area (Å²) in [4.78, 5) is 5.77. The van der Waals surface area contributed by atoms with Gasteiger partial charge in [-0.2, -0.15) is 0 Å². The number of rotatable bonds is 3. The van der Waals surface area contributed by atoms with Crippen LogP contribution in [-0.2, 0) is 6.54 Å². The SMILES string of the molecule is Cc1cc(F)ccc1-c1nc(C(C)C)c(CN)s1. The summed E-state index contributed by atoms with van der Waals surface area (Å²) in [5, 5.41) is 0.927. The molecule has 1 aromatic carbocycles. The van der Waals surface area contributed by atoms with E-state index < -0.39 is 0 Å². The van der Waals surface area contributed by atoms with Crippen molar-refractivity contribution < 1.29 is 4.39 Å². The van der Waals surface area contributed by atoms with E-state index in [0.717, 1.165) is 26.7 Å². The second kappa shape index (κ2) is 5.16. The van der Waals surface area contributed by atoms with Crippen LogP contribution in [0.4, 0.5) is 4.39 Å². The van der Waals surface area contributed by atoms with Crippen molar-refractivity contribution in [3.05, 3.63) is 40.2 Å². The van der Waals surface area contributed by atoms with Crippen molar-refractivity contribution in [3.63, 3.8) is 0 Å². The van der Waals surface area contributed by atoms with Gasteiger partial charge in [-0.25, -0.2) is 9.37 Å². The van der Waals surface area contributed by atoms with Gasteiger partial charge >= 0.3 is 0 Å². The van der Waals surface area contributed by atoms with Crippen LogP contribution in [0.3, 0.4) is 0 Å². The van der Waals surface area contributed by atoms with Crippen LogP contribution in [0.15, 0.2) is 18.2 Å². The Hall–Kier alpha value is -1.26. The van der Waals surface area contributed by atoms with Crippen LogP contribution in [0.25, 0.3) is 10.6 Å². The van der Waals surface area contributed by atoms with Crippen molar-refractivity contribution >= 4 is 11.3 Å². The third-order valence-corrected chi connectivity index (χ3v) is 4.01. The van der Waals surface area contributed by atoms with E-state index in [4.69, 9.17) is 5.73 Å². The minimum absolute atomic E-state index is 0.212. The molecule has 96 valence electrons. The van der Waals surface area contributed by atoms with Gasteiger partial charge in [0.25, 0.3) is 0 Å². The average Bonchev–Trinajstić information content (AvgIpc) is 2.73. The molecule has 18 heavy (non-hydrogen) atoms. The summed E-state index contributed by atoms with van der Waals surface area (Å²) in [5.74, 6) is 0.144. The Morgan fingerprint density at radius 1 is 1.39 bits per heavy atom. The van der Waals surface area contributed by atoms with Crippen LogP contribution < -0.4 is 5.73 Å². The lowest BCUT2D eigenvalue weighted by Gasteiger charge is -2.02. The van der Waals surface area contributed by atoms with Gasteiger partial charge in [0.1, 0.15) is 10.8 Å². The summed E-state index contributed by atoms with van der Waals surface area (Å²) in [5.41, 5.74) is 8.70. The van der Waals surface area contributed by atoms with Crippen LogP contribution in [0.1, 0.15) is 35.9 Å². The molecule has 0 saturated carbocycles. The van der Waals surface area contributed by atoms with E-state index in [0.29, 0.717) is 12.5 Å². The summed E-state index contributed by atoms with van der Waals surface area (Å²) in [7, 11) is 0. The lowest BCUT2D eigenvalue weighted by atomic mass is 10.1. The molecule has 0 amide bonds. The normalized spacial score (nSPS) is 11.2. The smallest absolute Gasteiger partial charge is 0.124 e. The van der Waals surface area contributed by atoms with E-state index in [-0.39, 0.29) is 5.82 Å². The molecule has 0 unspecified atom stereocenters. The van der Waals surface area contributed by atoms with Crippen LogP contribution in [0, 0.1) is 12.7 Å². The molecular formula is C14H17FN2S. The summed E-state index contributed by atoms with van der Waals surface area (Å²) >= 11 is 1.60. The summed E-state index contributed by atoms with van der Waals surface area (Å²) in [6, 6.07) is 4.79. The molecule has 2 aromatic rings. The van der Waals surface area contributed by atoms with Gasteiger partial charge < -0.3 is 5.73 Å². The van der Waals surface area contributed by atoms with Gasteiger partial charge in [-0.3, -0.25) is 0 Å². The Balaban J connectivity index is 2.51. The highest BCUT2D eigenvalue weighted by Gasteiger charge is 2.15. The number of nitrogens with zero attached hydrogens (tertiary/aromatic N) is 1. The van der Waals surface area contributed by atoms with Crippen molar-refractivity contribution in [2.45, 2.75) is 33.2 Å². The van der Waals surface area contributed by atoms with Crippen LogP contribution in [0.5, 0.6) is 0 Å². The third kappa shape index (κ3) is 2.44. The molecule has 0 aliphatic carbocycles. The van der Waals surface area contributed by atoms with E-state index in [1.807, 2.05) is 6.92 Å². The van der Waals surface area contributed by atoms with E-state index in [2.05, 4.69) is 18.8 Å². The fraction of sp³-hybridized carbons (Fsp3) is 0.357. The molecule has 1 heterocycles. The fourth-order valence-corrected chi connectivity index (χ4v) is 3.13. The summed E-state index contributed by atoms with van der Waals surface area (Å²) in [6.45, 7) is 6.62. The van der Waals surface area contributed by atoms with E-state index in [1.54, 1.807) is 17.4 Å². The number of thiazole rings is 1. The van der Waals surface area contributed by atoms with Crippen LogP contribution in [-0.4, -0.2) is 4.98 Å². The van der Waals surface area contributed by atoms with Gasteiger partial charge in [0.15, 0.2) is 0 Å². The maximum absolute atomic E-state index is 13.1. The average molecular weight is 264 g/mol. The minimum atomic E-state index is -0.212. The highest BCUT2D eigenvalue weighted by Crippen LogP contribution is 2.33. The Morgan fingerprint density at radius 3 is 2.61 bits per heavy atom. The Kier molecular flexibility index (Phi) is 3.78. The highest BCUT2D eigenvalue weighted by atomic mass is 32.1. The predicted molar refractivity (Wildman–Crippen MR) is 74.2 cm³/mol. The van der Waals surface area contributed by atoms with Crippen LogP contribution >= 0.6 is 11.3 Å². The molecule has 1 aromatic heterocycles. The Labute approximate surface area is 111 Å². The maximum Gasteiger partial charge on any atom is 0.124 e. The second-order valence-corrected chi connectivity index (χ2v) is 5.73. The minimum Gasteiger partial charge on any atom is -0.326 e. The zero-order valence-electron chi connectivity index (χ0n) is 10.8. The summed E-state index contributed by atoms with van der Waals surface area (Å²) < 4.78 is 13.1. The lowest BCUT2D eigenvalue weighted by molar-refractivity contribution is 0.627. The molecule has 0 fully saturated rings. The van der Waals surface area contributed by atoms with Gasteiger partial charge in [-0.05, 0) is 36.6 Å². The van der Waals surface area contributed by atoms with E-state index in [1.165, 1.54) is 12.1 Å².